The van der Waals surface area contributed by atoms with Crippen molar-refractivity contribution in [2.24, 2.45) is 0 Å². The van der Waals surface area contributed by atoms with E-state index in [2.05, 4.69) is 4.42 Å². The zero-order chi connectivity index (χ0) is 7.72. The van der Waals surface area contributed by atoms with Gasteiger partial charge in [-0.1, -0.05) is 0 Å². The highest BCUT2D eigenvalue weighted by molar-refractivity contribution is 5.69. The van der Waals surface area contributed by atoms with Crippen LogP contribution in [-0.2, 0) is 0 Å². The first-order valence-electron chi connectivity index (χ1n) is 3.18. The van der Waals surface area contributed by atoms with Gasteiger partial charge in [-0.25, -0.2) is 0 Å². The molecule has 0 aliphatic heterocycles. The van der Waals surface area contributed by atoms with Crippen LogP contribution in [0.25, 0.3) is 0 Å². The van der Waals surface area contributed by atoms with Crippen molar-refractivity contribution in [1.29, 1.82) is 0 Å². The molecule has 0 fully saturated rings. The fraction of sp³-hybridized carbons (Fsp3) is 0. The van der Waals surface area contributed by atoms with E-state index < -0.39 is 6.24 Å². The molecule has 0 radical (unpaired) electrons. The summed E-state index contributed by atoms with van der Waals surface area (Å²) in [4.78, 5) is 10.0. The number of furan rings is 1. The number of hydrogen-bond donors (Lipinski definition) is 0. The maximum Gasteiger partial charge on any atom is 0.185 e. The van der Waals surface area contributed by atoms with Crippen molar-refractivity contribution in [3.05, 3.63) is 24.1 Å². The van der Waals surface area contributed by atoms with Gasteiger partial charge in [-0.3, -0.25) is 4.79 Å². The summed E-state index contributed by atoms with van der Waals surface area (Å²) in [6.45, 7) is 0. The van der Waals surface area contributed by atoms with Crippen molar-refractivity contribution in [3.63, 3.8) is 0 Å². The first-order valence-corrected chi connectivity index (χ1v) is 1.68. The van der Waals surface area contributed by atoms with Crippen molar-refractivity contribution in [2.45, 2.75) is 0 Å². The molecule has 0 bridgehead atoms. The minimum Gasteiger partial charge on any atom is -0.462 e. The summed E-state index contributed by atoms with van der Waals surface area (Å²) >= 11 is 0. The average Bonchev–Trinajstić information content (AvgIpc) is 2.17. The van der Waals surface area contributed by atoms with Crippen LogP contribution >= 0.6 is 0 Å². The number of hydrogen-bond acceptors (Lipinski definition) is 2. The first kappa shape index (κ1) is 1.82. The molecule has 0 aromatic carbocycles. The summed E-state index contributed by atoms with van der Waals surface area (Å²) in [5.41, 5.74) is 0. The lowest BCUT2D eigenvalue weighted by Gasteiger charge is -1.68. The Kier molecular flexibility index (Phi) is 0.416. The molecule has 0 N–H and O–H groups in total. The highest BCUT2D eigenvalue weighted by Crippen LogP contribution is 1.92. The zero-order valence-corrected chi connectivity index (χ0v) is 3.39. The number of carbonyl (C=O) groups excluding carboxylic acids is 1. The fourth-order valence-corrected chi connectivity index (χ4v) is 0.247. The molecule has 7 heavy (non-hydrogen) atoms. The zero-order valence-electron chi connectivity index (χ0n) is 6.39. The van der Waals surface area contributed by atoms with Crippen LogP contribution < -0.4 is 0 Å². The van der Waals surface area contributed by atoms with Crippen molar-refractivity contribution in [2.75, 3.05) is 0 Å². The van der Waals surface area contributed by atoms with E-state index in [1.54, 1.807) is 0 Å². The van der Waals surface area contributed by atoms with Crippen LogP contribution in [0.4, 0.5) is 0 Å². The number of carbonyl (C=O) groups is 1. The number of rotatable bonds is 1. The molecule has 1 heterocycles. The van der Waals surface area contributed by atoms with Gasteiger partial charge in [0.1, 0.15) is 1.37 Å². The minimum atomic E-state index is -0.438. The van der Waals surface area contributed by atoms with Crippen molar-refractivity contribution >= 4 is 6.29 Å². The van der Waals surface area contributed by atoms with Crippen LogP contribution in [0.3, 0.4) is 0 Å². The fourth-order valence-electron chi connectivity index (χ4n) is 0.247. The molecule has 1 aromatic heterocycles. The monoisotopic (exact) mass is 99.0 g/mol. The Morgan fingerprint density at radius 2 is 2.86 bits per heavy atom. The Bertz CT molecular complexity index is 266. The van der Waals surface area contributed by atoms with Gasteiger partial charge in [-0.05, 0) is 12.1 Å². The van der Waals surface area contributed by atoms with Gasteiger partial charge in [0.05, 0.1) is 8.98 Å². The van der Waals surface area contributed by atoms with Crippen molar-refractivity contribution in [1.82, 2.24) is 0 Å². The molecule has 0 unspecified atom stereocenters. The molecule has 2 heteroatoms. The van der Waals surface area contributed by atoms with Gasteiger partial charge in [0.25, 0.3) is 0 Å². The highest BCUT2D eigenvalue weighted by Gasteiger charge is 1.84. The molecule has 0 saturated heterocycles. The van der Waals surface area contributed by atoms with Crippen molar-refractivity contribution in [3.8, 4) is 0 Å². The third kappa shape index (κ3) is 0.682. The molecule has 1 rings (SSSR count). The number of aldehydes is 1. The summed E-state index contributed by atoms with van der Waals surface area (Å²) < 4.78 is 25.2. The van der Waals surface area contributed by atoms with E-state index in [1.165, 1.54) is 0 Å². The Balaban J connectivity index is 3.30. The van der Waals surface area contributed by atoms with E-state index >= 15 is 0 Å². The Labute approximate surface area is 45.0 Å². The third-order valence-corrected chi connectivity index (χ3v) is 0.505. The van der Waals surface area contributed by atoms with E-state index in [9.17, 15) is 4.79 Å². The predicted octanol–water partition coefficient (Wildman–Crippen LogP) is 1.09. The Morgan fingerprint density at radius 3 is 3.14 bits per heavy atom. The van der Waals surface area contributed by atoms with Gasteiger partial charge >= 0.3 is 0 Å². The molecule has 0 saturated carbocycles. The topological polar surface area (TPSA) is 30.2 Å². The van der Waals surface area contributed by atoms with Crippen LogP contribution in [0, 0.1) is 0 Å². The molecule has 2 nitrogen and oxygen atoms in total. The van der Waals surface area contributed by atoms with E-state index in [-0.39, 0.29) is 17.8 Å². The van der Waals surface area contributed by atoms with E-state index in [4.69, 9.17) is 4.11 Å². The Hall–Kier alpha value is -1.05. The van der Waals surface area contributed by atoms with E-state index in [0.29, 0.717) is 6.29 Å². The second kappa shape index (κ2) is 1.60. The molecule has 0 spiro atoms. The molecular formula is C5H4O2. The van der Waals surface area contributed by atoms with Crippen LogP contribution in [0.5, 0.6) is 0 Å². The molecule has 36 valence electrons. The van der Waals surface area contributed by atoms with Gasteiger partial charge < -0.3 is 4.42 Å². The maximum atomic E-state index is 10.0. The molecule has 0 amide bonds. The lowest BCUT2D eigenvalue weighted by molar-refractivity contribution is 0.110. The largest absolute Gasteiger partial charge is 0.462 e. The quantitative estimate of drug-likeness (QED) is 0.493. The summed E-state index contributed by atoms with van der Waals surface area (Å²) in [5.74, 6) is -0.255. The lowest BCUT2D eigenvalue weighted by atomic mass is 10.5. The average molecular weight is 99.1 g/mol. The highest BCUT2D eigenvalue weighted by atomic mass is 16.3. The second-order valence-corrected chi connectivity index (χ2v) is 0.936. The molecular weight excluding hydrogens is 92.1 g/mol. The first-order chi connectivity index (χ1) is 4.66. The molecule has 1 aromatic rings. The van der Waals surface area contributed by atoms with Crippen LogP contribution in [0.2, 0.25) is 0 Å². The van der Waals surface area contributed by atoms with Crippen LogP contribution in [0.1, 0.15) is 14.7 Å². The molecule has 0 atom stereocenters. The molecule has 0 aliphatic rings. The summed E-state index contributed by atoms with van der Waals surface area (Å²) in [7, 11) is 0. The van der Waals surface area contributed by atoms with Gasteiger partial charge in [0, 0.05) is 0 Å². The van der Waals surface area contributed by atoms with Crippen LogP contribution in [0.15, 0.2) is 22.7 Å². The van der Waals surface area contributed by atoms with Crippen molar-refractivity contribution < 1.29 is 13.3 Å². The normalized spacial score (nSPS) is 14.6. The van der Waals surface area contributed by atoms with Gasteiger partial charge in [-0.2, -0.15) is 0 Å². The second-order valence-electron chi connectivity index (χ2n) is 0.936. The summed E-state index contributed by atoms with van der Waals surface area (Å²) in [6.07, 6.45) is -0.120. The summed E-state index contributed by atoms with van der Waals surface area (Å²) in [5, 5.41) is 0. The minimum absolute atomic E-state index is 0.255. The van der Waals surface area contributed by atoms with Crippen LogP contribution in [-0.4, -0.2) is 6.29 Å². The SMILES string of the molecule is [2H]c1oc(C=O)c([2H])c1[2H]. The maximum absolute atomic E-state index is 10.0. The predicted molar refractivity (Wildman–Crippen MR) is 24.1 cm³/mol. The third-order valence-electron chi connectivity index (χ3n) is 0.505. The summed E-state index contributed by atoms with van der Waals surface area (Å²) in [6, 6.07) is -0.665. The van der Waals surface area contributed by atoms with E-state index in [0.717, 1.165) is 0 Å². The smallest absolute Gasteiger partial charge is 0.185 e. The lowest BCUT2D eigenvalue weighted by Crippen LogP contribution is -1.65. The Morgan fingerprint density at radius 1 is 2.00 bits per heavy atom. The van der Waals surface area contributed by atoms with Gasteiger partial charge in [0.15, 0.2) is 12.0 Å². The van der Waals surface area contributed by atoms with Gasteiger partial charge in [-0.15, -0.1) is 0 Å². The van der Waals surface area contributed by atoms with Gasteiger partial charge in [0.2, 0.25) is 0 Å². The standard InChI is InChI=1S/C5H4O2/c6-4-5-2-1-3-7-5/h1-4H/i1D,2D,3D. The van der Waals surface area contributed by atoms with E-state index in [1.807, 2.05) is 0 Å². The molecule has 0 aliphatic carbocycles.